The van der Waals surface area contributed by atoms with Crippen molar-refractivity contribution in [1.82, 2.24) is 4.90 Å². The molecule has 0 unspecified atom stereocenters. The van der Waals surface area contributed by atoms with Crippen molar-refractivity contribution in [2.45, 2.75) is 27.2 Å². The summed E-state index contributed by atoms with van der Waals surface area (Å²) in [5, 5.41) is 0. The molecule has 0 aliphatic rings. The maximum atomic E-state index is 11.6. The van der Waals surface area contributed by atoms with Crippen LogP contribution in [0.4, 0.5) is 4.79 Å². The van der Waals surface area contributed by atoms with E-state index < -0.39 is 18.0 Å². The molecule has 0 aromatic carbocycles. The van der Waals surface area contributed by atoms with Crippen LogP contribution in [0.1, 0.15) is 27.2 Å². The number of esters is 2. The van der Waals surface area contributed by atoms with Crippen molar-refractivity contribution in [3.63, 3.8) is 0 Å². The van der Waals surface area contributed by atoms with Gasteiger partial charge in [0.25, 0.3) is 0 Å². The van der Waals surface area contributed by atoms with Gasteiger partial charge in [0.05, 0.1) is 26.2 Å². The molecule has 19 heavy (non-hydrogen) atoms. The van der Waals surface area contributed by atoms with Crippen molar-refractivity contribution in [3.8, 4) is 0 Å². The number of rotatable bonds is 8. The lowest BCUT2D eigenvalue weighted by molar-refractivity contribution is -0.146. The van der Waals surface area contributed by atoms with E-state index in [2.05, 4.69) is 0 Å². The van der Waals surface area contributed by atoms with Crippen molar-refractivity contribution in [1.29, 1.82) is 0 Å². The number of ether oxygens (including phenoxy) is 3. The van der Waals surface area contributed by atoms with Gasteiger partial charge in [0.2, 0.25) is 0 Å². The van der Waals surface area contributed by atoms with Crippen LogP contribution in [-0.2, 0) is 23.8 Å². The van der Waals surface area contributed by atoms with Gasteiger partial charge in [-0.1, -0.05) is 0 Å². The Morgan fingerprint density at radius 2 is 1.37 bits per heavy atom. The summed E-state index contributed by atoms with van der Waals surface area (Å²) >= 11 is 0. The fourth-order valence-corrected chi connectivity index (χ4v) is 1.27. The van der Waals surface area contributed by atoms with E-state index >= 15 is 0 Å². The number of carbonyl (C=O) groups is 3. The van der Waals surface area contributed by atoms with E-state index in [1.54, 1.807) is 20.8 Å². The Morgan fingerprint density at radius 1 is 0.842 bits per heavy atom. The zero-order valence-electron chi connectivity index (χ0n) is 11.6. The highest BCUT2D eigenvalue weighted by atomic mass is 16.6. The molecule has 7 heteroatoms. The third-order valence-corrected chi connectivity index (χ3v) is 2.04. The maximum Gasteiger partial charge on any atom is 0.410 e. The van der Waals surface area contributed by atoms with Crippen LogP contribution in [0.15, 0.2) is 0 Å². The van der Waals surface area contributed by atoms with Crippen LogP contribution in [0.3, 0.4) is 0 Å². The molecule has 0 spiro atoms. The highest BCUT2D eigenvalue weighted by molar-refractivity contribution is 5.78. The molecule has 0 bridgehead atoms. The largest absolute Gasteiger partial charge is 0.466 e. The van der Waals surface area contributed by atoms with Gasteiger partial charge in [0.1, 0.15) is 6.54 Å². The van der Waals surface area contributed by atoms with Gasteiger partial charge in [-0.15, -0.1) is 0 Å². The molecule has 1 amide bonds. The standard InChI is InChI=1S/C12H21NO6/c1-4-17-10(14)7-8-13(12(16)19-6-3)9-11(15)18-5-2/h4-9H2,1-3H3. The van der Waals surface area contributed by atoms with Crippen molar-refractivity contribution in [2.24, 2.45) is 0 Å². The molecular formula is C12H21NO6. The summed E-state index contributed by atoms with van der Waals surface area (Å²) in [5.74, 6) is -0.972. The molecule has 0 rings (SSSR count). The lowest BCUT2D eigenvalue weighted by Gasteiger charge is -2.20. The molecule has 0 saturated heterocycles. The molecule has 0 atom stereocenters. The van der Waals surface area contributed by atoms with Crippen LogP contribution in [-0.4, -0.2) is 55.8 Å². The van der Waals surface area contributed by atoms with Gasteiger partial charge >= 0.3 is 18.0 Å². The minimum atomic E-state index is -0.653. The third kappa shape index (κ3) is 8.01. The van der Waals surface area contributed by atoms with E-state index in [1.807, 2.05) is 0 Å². The van der Waals surface area contributed by atoms with Gasteiger partial charge in [0, 0.05) is 6.54 Å². The summed E-state index contributed by atoms with van der Waals surface area (Å²) in [4.78, 5) is 35.3. The van der Waals surface area contributed by atoms with Gasteiger partial charge < -0.3 is 14.2 Å². The second kappa shape index (κ2) is 10.2. The lowest BCUT2D eigenvalue weighted by atomic mass is 10.4. The molecule has 0 saturated carbocycles. The van der Waals surface area contributed by atoms with Crippen LogP contribution in [0, 0.1) is 0 Å². The Balaban J connectivity index is 4.37. The van der Waals surface area contributed by atoms with Crippen molar-refractivity contribution in [2.75, 3.05) is 32.9 Å². The molecule has 0 radical (unpaired) electrons. The maximum absolute atomic E-state index is 11.6. The quantitative estimate of drug-likeness (QED) is 0.485. The van der Waals surface area contributed by atoms with E-state index in [1.165, 1.54) is 0 Å². The highest BCUT2D eigenvalue weighted by Gasteiger charge is 2.20. The first-order chi connectivity index (χ1) is 9.04. The van der Waals surface area contributed by atoms with Gasteiger partial charge in [-0.25, -0.2) is 4.79 Å². The lowest BCUT2D eigenvalue weighted by Crippen LogP contribution is -2.38. The summed E-state index contributed by atoms with van der Waals surface area (Å²) < 4.78 is 14.3. The Morgan fingerprint density at radius 3 is 1.89 bits per heavy atom. The predicted octanol–water partition coefficient (Wildman–Crippen LogP) is 0.961. The average Bonchev–Trinajstić information content (AvgIpc) is 2.35. The molecule has 0 fully saturated rings. The second-order valence-corrected chi connectivity index (χ2v) is 3.48. The summed E-state index contributed by atoms with van der Waals surface area (Å²) in [6.45, 7) is 5.53. The molecule has 110 valence electrons. The number of carbonyl (C=O) groups excluding carboxylic acids is 3. The van der Waals surface area contributed by atoms with Crippen LogP contribution in [0.2, 0.25) is 0 Å². The van der Waals surface area contributed by atoms with Crippen LogP contribution < -0.4 is 0 Å². The van der Waals surface area contributed by atoms with E-state index in [4.69, 9.17) is 14.2 Å². The number of hydrogen-bond donors (Lipinski definition) is 0. The van der Waals surface area contributed by atoms with Gasteiger partial charge in [-0.05, 0) is 20.8 Å². The van der Waals surface area contributed by atoms with Crippen LogP contribution >= 0.6 is 0 Å². The summed E-state index contributed by atoms with van der Waals surface area (Å²) in [6, 6.07) is 0. The van der Waals surface area contributed by atoms with Crippen molar-refractivity contribution >= 4 is 18.0 Å². The SMILES string of the molecule is CCOC(=O)CCN(CC(=O)OCC)C(=O)OCC. The first-order valence-electron chi connectivity index (χ1n) is 6.28. The zero-order chi connectivity index (χ0) is 14.7. The molecule has 0 aliphatic heterocycles. The van der Waals surface area contributed by atoms with Crippen molar-refractivity contribution < 1.29 is 28.6 Å². The third-order valence-electron chi connectivity index (χ3n) is 2.04. The van der Waals surface area contributed by atoms with E-state index in [9.17, 15) is 14.4 Å². The normalized spacial score (nSPS) is 9.63. The number of nitrogens with zero attached hydrogens (tertiary/aromatic N) is 1. The van der Waals surface area contributed by atoms with Crippen molar-refractivity contribution in [3.05, 3.63) is 0 Å². The Hall–Kier alpha value is -1.79. The molecule has 0 aliphatic carbocycles. The van der Waals surface area contributed by atoms with Crippen LogP contribution in [0.25, 0.3) is 0 Å². The summed E-state index contributed by atoms with van der Waals surface area (Å²) in [5.41, 5.74) is 0. The van der Waals surface area contributed by atoms with E-state index in [-0.39, 0.29) is 39.3 Å². The minimum Gasteiger partial charge on any atom is -0.466 e. The van der Waals surface area contributed by atoms with Gasteiger partial charge in [-0.2, -0.15) is 0 Å². The van der Waals surface area contributed by atoms with E-state index in [0.29, 0.717) is 0 Å². The molecule has 7 nitrogen and oxygen atoms in total. The smallest absolute Gasteiger partial charge is 0.410 e. The molecular weight excluding hydrogens is 254 g/mol. The molecule has 0 aromatic heterocycles. The fourth-order valence-electron chi connectivity index (χ4n) is 1.27. The minimum absolute atomic E-state index is 0.00601. The molecule has 0 heterocycles. The molecule has 0 aromatic rings. The first-order valence-corrected chi connectivity index (χ1v) is 6.28. The second-order valence-electron chi connectivity index (χ2n) is 3.48. The van der Waals surface area contributed by atoms with Gasteiger partial charge in [0.15, 0.2) is 0 Å². The highest BCUT2D eigenvalue weighted by Crippen LogP contribution is 1.99. The first kappa shape index (κ1) is 17.2. The Labute approximate surface area is 112 Å². The predicted molar refractivity (Wildman–Crippen MR) is 66.5 cm³/mol. The Bertz CT molecular complexity index is 305. The Kier molecular flexibility index (Phi) is 9.20. The van der Waals surface area contributed by atoms with Crippen LogP contribution in [0.5, 0.6) is 0 Å². The topological polar surface area (TPSA) is 82.1 Å². The fraction of sp³-hybridized carbons (Fsp3) is 0.750. The summed E-state index contributed by atoms with van der Waals surface area (Å²) in [6.07, 6.45) is -0.647. The monoisotopic (exact) mass is 275 g/mol. The molecule has 0 N–H and O–H groups in total. The average molecular weight is 275 g/mol. The zero-order valence-corrected chi connectivity index (χ0v) is 11.6. The number of amides is 1. The van der Waals surface area contributed by atoms with E-state index in [0.717, 1.165) is 4.90 Å². The summed E-state index contributed by atoms with van der Waals surface area (Å²) in [7, 11) is 0. The number of hydrogen-bond acceptors (Lipinski definition) is 6. The van der Waals surface area contributed by atoms with Gasteiger partial charge in [-0.3, -0.25) is 14.5 Å².